The zero-order valence-corrected chi connectivity index (χ0v) is 12.5. The van der Waals surface area contributed by atoms with E-state index in [-0.39, 0.29) is 0 Å². The Morgan fingerprint density at radius 1 is 1.10 bits per heavy atom. The van der Waals surface area contributed by atoms with Crippen LogP contribution in [0.2, 0.25) is 0 Å². The van der Waals surface area contributed by atoms with E-state index in [2.05, 4.69) is 36.9 Å². The van der Waals surface area contributed by atoms with E-state index in [4.69, 9.17) is 5.26 Å². The largest absolute Gasteiger partial charge is 0.356 e. The summed E-state index contributed by atoms with van der Waals surface area (Å²) in [6.45, 7) is 2.00. The van der Waals surface area contributed by atoms with Gasteiger partial charge < -0.3 is 4.90 Å². The maximum Gasteiger partial charge on any atom is 0.162 e. The molecule has 0 saturated carbocycles. The molecule has 0 atom stereocenters. The second kappa shape index (κ2) is 5.59. The molecule has 20 heavy (non-hydrogen) atoms. The van der Waals surface area contributed by atoms with Crippen LogP contribution in [-0.2, 0) is 0 Å². The number of benzene rings is 1. The molecule has 0 unspecified atom stereocenters. The highest BCUT2D eigenvalue weighted by Gasteiger charge is 2.16. The van der Waals surface area contributed by atoms with E-state index in [1.165, 1.54) is 12.8 Å². The lowest BCUT2D eigenvalue weighted by Gasteiger charge is -2.17. The number of halogens is 1. The Hall–Kier alpha value is -1.93. The Bertz CT molecular complexity index is 655. The average Bonchev–Trinajstić information content (AvgIpc) is 3.02. The van der Waals surface area contributed by atoms with Crippen LogP contribution >= 0.6 is 15.9 Å². The minimum Gasteiger partial charge on any atom is -0.356 e. The molecular weight excluding hydrogens is 316 g/mol. The maximum atomic E-state index is 9.15. The molecule has 1 aliphatic rings. The number of hydrogen-bond acceptors (Lipinski definition) is 4. The smallest absolute Gasteiger partial charge is 0.162 e. The Morgan fingerprint density at radius 3 is 2.45 bits per heavy atom. The molecule has 1 aromatic carbocycles. The van der Waals surface area contributed by atoms with Crippen LogP contribution in [0.15, 0.2) is 34.8 Å². The number of rotatable bonds is 2. The summed E-state index contributed by atoms with van der Waals surface area (Å²) in [5, 5.41) is 9.15. The topological polar surface area (TPSA) is 52.8 Å². The lowest BCUT2D eigenvalue weighted by Crippen LogP contribution is -2.19. The molecule has 100 valence electrons. The molecular formula is C15H13BrN4. The van der Waals surface area contributed by atoms with Crippen molar-refractivity contribution in [3.8, 4) is 17.5 Å². The first-order valence-corrected chi connectivity index (χ1v) is 7.35. The highest BCUT2D eigenvalue weighted by molar-refractivity contribution is 9.10. The molecule has 4 nitrogen and oxygen atoms in total. The van der Waals surface area contributed by atoms with Crippen molar-refractivity contribution in [2.45, 2.75) is 12.8 Å². The van der Waals surface area contributed by atoms with Crippen molar-refractivity contribution in [1.29, 1.82) is 5.26 Å². The van der Waals surface area contributed by atoms with Crippen molar-refractivity contribution >= 4 is 21.7 Å². The molecule has 0 radical (unpaired) electrons. The van der Waals surface area contributed by atoms with Gasteiger partial charge in [-0.05, 0) is 25.0 Å². The van der Waals surface area contributed by atoms with E-state index in [1.807, 2.05) is 24.3 Å². The third kappa shape index (κ3) is 2.66. The minimum atomic E-state index is 0.416. The van der Waals surface area contributed by atoms with Gasteiger partial charge in [-0.3, -0.25) is 0 Å². The molecule has 0 bridgehead atoms. The summed E-state index contributed by atoms with van der Waals surface area (Å²) in [6.07, 6.45) is 2.36. The Balaban J connectivity index is 2.04. The molecule has 1 fully saturated rings. The fourth-order valence-corrected chi connectivity index (χ4v) is 2.59. The first kappa shape index (κ1) is 13.1. The predicted octanol–water partition coefficient (Wildman–Crippen LogP) is 3.38. The summed E-state index contributed by atoms with van der Waals surface area (Å²) >= 11 is 3.41. The van der Waals surface area contributed by atoms with Gasteiger partial charge in [0.05, 0.1) is 0 Å². The van der Waals surface area contributed by atoms with E-state index in [1.54, 1.807) is 6.07 Å². The standard InChI is InChI=1S/C15H13BrN4/c16-12-5-3-11(4-6-12)15-18-13(10-17)9-14(19-15)20-7-1-2-8-20/h3-6,9H,1-2,7-8H2. The Labute approximate surface area is 126 Å². The van der Waals surface area contributed by atoms with E-state index < -0.39 is 0 Å². The molecule has 1 aromatic heterocycles. The number of anilines is 1. The van der Waals surface area contributed by atoms with Crippen molar-refractivity contribution in [2.24, 2.45) is 0 Å². The maximum absolute atomic E-state index is 9.15. The van der Waals surface area contributed by atoms with Gasteiger partial charge in [0.25, 0.3) is 0 Å². The third-order valence-electron chi connectivity index (χ3n) is 3.36. The first-order valence-electron chi connectivity index (χ1n) is 6.56. The van der Waals surface area contributed by atoms with Gasteiger partial charge in [0.1, 0.15) is 17.6 Å². The highest BCUT2D eigenvalue weighted by Crippen LogP contribution is 2.24. The van der Waals surface area contributed by atoms with Crippen LogP contribution in [0.5, 0.6) is 0 Å². The fraction of sp³-hybridized carbons (Fsp3) is 0.267. The summed E-state index contributed by atoms with van der Waals surface area (Å²) in [7, 11) is 0. The predicted molar refractivity (Wildman–Crippen MR) is 81.3 cm³/mol. The second-order valence-corrected chi connectivity index (χ2v) is 5.66. The van der Waals surface area contributed by atoms with E-state index in [9.17, 15) is 0 Å². The quantitative estimate of drug-likeness (QED) is 0.848. The van der Waals surface area contributed by atoms with Crippen LogP contribution in [-0.4, -0.2) is 23.1 Å². The fourth-order valence-electron chi connectivity index (χ4n) is 2.33. The summed E-state index contributed by atoms with van der Waals surface area (Å²) in [5.41, 5.74) is 1.34. The number of nitrogens with zero attached hydrogens (tertiary/aromatic N) is 4. The molecule has 0 amide bonds. The molecule has 2 aromatic rings. The zero-order chi connectivity index (χ0) is 13.9. The lowest BCUT2D eigenvalue weighted by atomic mass is 10.2. The molecule has 1 aliphatic heterocycles. The summed E-state index contributed by atoms with van der Waals surface area (Å²) in [5.74, 6) is 1.46. The van der Waals surface area contributed by atoms with E-state index >= 15 is 0 Å². The highest BCUT2D eigenvalue weighted by atomic mass is 79.9. The van der Waals surface area contributed by atoms with Gasteiger partial charge in [-0.1, -0.05) is 28.1 Å². The van der Waals surface area contributed by atoms with Gasteiger partial charge in [0.15, 0.2) is 5.82 Å². The molecule has 0 N–H and O–H groups in total. The minimum absolute atomic E-state index is 0.416. The first-order chi connectivity index (χ1) is 9.76. The molecule has 2 heterocycles. The molecule has 5 heteroatoms. The summed E-state index contributed by atoms with van der Waals surface area (Å²) < 4.78 is 1.01. The SMILES string of the molecule is N#Cc1cc(N2CCCC2)nc(-c2ccc(Br)cc2)n1. The van der Waals surface area contributed by atoms with Gasteiger partial charge in [0, 0.05) is 29.2 Å². The average molecular weight is 329 g/mol. The number of aromatic nitrogens is 2. The van der Waals surface area contributed by atoms with Crippen molar-refractivity contribution in [1.82, 2.24) is 9.97 Å². The van der Waals surface area contributed by atoms with Gasteiger partial charge in [0.2, 0.25) is 0 Å². The van der Waals surface area contributed by atoms with Crippen molar-refractivity contribution in [3.63, 3.8) is 0 Å². The molecule has 0 aliphatic carbocycles. The van der Waals surface area contributed by atoms with Crippen LogP contribution in [0.25, 0.3) is 11.4 Å². The summed E-state index contributed by atoms with van der Waals surface area (Å²) in [6, 6.07) is 11.7. The monoisotopic (exact) mass is 328 g/mol. The number of nitriles is 1. The van der Waals surface area contributed by atoms with Crippen LogP contribution in [0.3, 0.4) is 0 Å². The Morgan fingerprint density at radius 2 is 1.80 bits per heavy atom. The van der Waals surface area contributed by atoms with Gasteiger partial charge in [-0.15, -0.1) is 0 Å². The lowest BCUT2D eigenvalue weighted by molar-refractivity contribution is 0.927. The van der Waals surface area contributed by atoms with Crippen LogP contribution in [0.4, 0.5) is 5.82 Å². The van der Waals surface area contributed by atoms with Crippen molar-refractivity contribution in [2.75, 3.05) is 18.0 Å². The van der Waals surface area contributed by atoms with E-state index in [0.717, 1.165) is 28.9 Å². The Kier molecular flexibility index (Phi) is 3.66. The van der Waals surface area contributed by atoms with E-state index in [0.29, 0.717) is 11.5 Å². The summed E-state index contributed by atoms with van der Waals surface area (Å²) in [4.78, 5) is 11.1. The van der Waals surface area contributed by atoms with Crippen molar-refractivity contribution in [3.05, 3.63) is 40.5 Å². The van der Waals surface area contributed by atoms with Gasteiger partial charge in [-0.25, -0.2) is 9.97 Å². The normalized spacial score (nSPS) is 14.3. The van der Waals surface area contributed by atoms with Gasteiger partial charge >= 0.3 is 0 Å². The third-order valence-corrected chi connectivity index (χ3v) is 3.89. The second-order valence-electron chi connectivity index (χ2n) is 4.75. The number of hydrogen-bond donors (Lipinski definition) is 0. The van der Waals surface area contributed by atoms with Crippen molar-refractivity contribution < 1.29 is 0 Å². The molecule has 3 rings (SSSR count). The van der Waals surface area contributed by atoms with Gasteiger partial charge in [-0.2, -0.15) is 5.26 Å². The zero-order valence-electron chi connectivity index (χ0n) is 10.9. The molecule has 1 saturated heterocycles. The van der Waals surface area contributed by atoms with Crippen LogP contribution in [0.1, 0.15) is 18.5 Å². The molecule has 0 spiro atoms. The van der Waals surface area contributed by atoms with Crippen LogP contribution < -0.4 is 4.90 Å². The van der Waals surface area contributed by atoms with Crippen LogP contribution in [0, 0.1) is 11.3 Å².